The third-order valence-electron chi connectivity index (χ3n) is 2.76. The van der Waals surface area contributed by atoms with E-state index in [0.717, 1.165) is 0 Å². The van der Waals surface area contributed by atoms with Crippen LogP contribution < -0.4 is 0 Å². The molecule has 1 N–H and O–H groups in total. The zero-order valence-electron chi connectivity index (χ0n) is 9.44. The minimum Gasteiger partial charge on any atom is -0.481 e. The van der Waals surface area contributed by atoms with Crippen molar-refractivity contribution in [1.29, 1.82) is 0 Å². The highest BCUT2D eigenvalue weighted by molar-refractivity contribution is 6.42. The molecule has 4 nitrogen and oxygen atoms in total. The van der Waals surface area contributed by atoms with Crippen LogP contribution in [0.4, 0.5) is 0 Å². The van der Waals surface area contributed by atoms with E-state index in [4.69, 9.17) is 32.7 Å². The monoisotopic (exact) mass is 290 g/mol. The zero-order chi connectivity index (χ0) is 13.1. The fourth-order valence-corrected chi connectivity index (χ4v) is 2.15. The first kappa shape index (κ1) is 13.6. The van der Waals surface area contributed by atoms with E-state index in [1.54, 1.807) is 18.2 Å². The van der Waals surface area contributed by atoms with Gasteiger partial charge in [0.1, 0.15) is 0 Å². The van der Waals surface area contributed by atoms with Gasteiger partial charge >= 0.3 is 5.97 Å². The molecule has 1 aliphatic heterocycles. The topological polar surface area (TPSA) is 55.8 Å². The van der Waals surface area contributed by atoms with E-state index in [9.17, 15) is 9.90 Å². The van der Waals surface area contributed by atoms with Crippen LogP contribution in [0.5, 0.6) is 0 Å². The van der Waals surface area contributed by atoms with Crippen molar-refractivity contribution in [3.63, 3.8) is 0 Å². The second kappa shape index (κ2) is 5.89. The molecule has 1 unspecified atom stereocenters. The Kier molecular flexibility index (Phi) is 4.45. The number of carbonyl (C=O) groups is 1. The van der Waals surface area contributed by atoms with Gasteiger partial charge in [-0.15, -0.1) is 0 Å². The van der Waals surface area contributed by atoms with Gasteiger partial charge in [0.25, 0.3) is 0 Å². The van der Waals surface area contributed by atoms with Gasteiger partial charge in [-0.25, -0.2) is 0 Å². The first-order chi connectivity index (χ1) is 8.58. The summed E-state index contributed by atoms with van der Waals surface area (Å²) in [5.74, 6) is -1.66. The Morgan fingerprint density at radius 1 is 1.33 bits per heavy atom. The van der Waals surface area contributed by atoms with Gasteiger partial charge in [0.2, 0.25) is 0 Å². The van der Waals surface area contributed by atoms with Crippen LogP contribution in [-0.2, 0) is 14.3 Å². The molecule has 0 spiro atoms. The van der Waals surface area contributed by atoms with Crippen molar-refractivity contribution in [2.24, 2.45) is 0 Å². The van der Waals surface area contributed by atoms with Gasteiger partial charge in [0.15, 0.2) is 6.29 Å². The largest absolute Gasteiger partial charge is 0.481 e. The molecule has 1 aromatic rings. The number of hydrogen-bond acceptors (Lipinski definition) is 3. The average molecular weight is 291 g/mol. The summed E-state index contributed by atoms with van der Waals surface area (Å²) < 4.78 is 10.5. The Morgan fingerprint density at radius 2 is 2.00 bits per heavy atom. The summed E-state index contributed by atoms with van der Waals surface area (Å²) in [7, 11) is 0. The molecule has 0 aromatic heterocycles. The van der Waals surface area contributed by atoms with Crippen LogP contribution in [0.25, 0.3) is 0 Å². The SMILES string of the molecule is O=C(O)C(CC1OCCO1)c1ccc(Cl)c(Cl)c1. The van der Waals surface area contributed by atoms with Crippen LogP contribution in [0.2, 0.25) is 10.0 Å². The Balaban J connectivity index is 2.17. The molecule has 1 aromatic carbocycles. The summed E-state index contributed by atoms with van der Waals surface area (Å²) in [5.41, 5.74) is 0.594. The third-order valence-corrected chi connectivity index (χ3v) is 3.50. The average Bonchev–Trinajstić information content (AvgIpc) is 2.82. The van der Waals surface area contributed by atoms with Crippen molar-refractivity contribution in [2.75, 3.05) is 13.2 Å². The van der Waals surface area contributed by atoms with Crippen molar-refractivity contribution < 1.29 is 19.4 Å². The molecule has 1 aliphatic rings. The molecule has 18 heavy (non-hydrogen) atoms. The summed E-state index contributed by atoms with van der Waals surface area (Å²) in [6.45, 7) is 0.997. The summed E-state index contributed by atoms with van der Waals surface area (Å²) in [5, 5.41) is 10.0. The predicted molar refractivity (Wildman–Crippen MR) is 67.1 cm³/mol. The molecule has 0 bridgehead atoms. The normalized spacial score (nSPS) is 17.9. The number of hydrogen-bond donors (Lipinski definition) is 1. The maximum Gasteiger partial charge on any atom is 0.311 e. The lowest BCUT2D eigenvalue weighted by Gasteiger charge is -2.16. The third kappa shape index (κ3) is 3.14. The van der Waals surface area contributed by atoms with Crippen LogP contribution in [0, 0.1) is 0 Å². The number of carboxylic acids is 1. The number of rotatable bonds is 4. The fraction of sp³-hybridized carbons (Fsp3) is 0.417. The Bertz CT molecular complexity index is 444. The molecular formula is C12H12Cl2O4. The summed E-state index contributed by atoms with van der Waals surface area (Å²) in [6, 6.07) is 4.81. The van der Waals surface area contributed by atoms with E-state index in [2.05, 4.69) is 0 Å². The van der Waals surface area contributed by atoms with E-state index >= 15 is 0 Å². The second-order valence-electron chi connectivity index (χ2n) is 3.97. The highest BCUT2D eigenvalue weighted by Gasteiger charge is 2.27. The summed E-state index contributed by atoms with van der Waals surface area (Å²) in [4.78, 5) is 11.3. The molecule has 1 heterocycles. The number of ether oxygens (including phenoxy) is 2. The zero-order valence-corrected chi connectivity index (χ0v) is 10.9. The number of aliphatic carboxylic acids is 1. The van der Waals surface area contributed by atoms with Crippen molar-refractivity contribution >= 4 is 29.2 Å². The lowest BCUT2D eigenvalue weighted by atomic mass is 9.95. The first-order valence-electron chi connectivity index (χ1n) is 5.49. The summed E-state index contributed by atoms with van der Waals surface area (Å²) in [6.07, 6.45) is -0.214. The quantitative estimate of drug-likeness (QED) is 0.926. The lowest BCUT2D eigenvalue weighted by Crippen LogP contribution is -2.19. The molecule has 0 aliphatic carbocycles. The van der Waals surface area contributed by atoms with Gasteiger partial charge < -0.3 is 14.6 Å². The highest BCUT2D eigenvalue weighted by Crippen LogP contribution is 2.30. The van der Waals surface area contributed by atoms with E-state index in [-0.39, 0.29) is 6.42 Å². The van der Waals surface area contributed by atoms with Crippen LogP contribution in [0.15, 0.2) is 18.2 Å². The standard InChI is InChI=1S/C12H12Cl2O4/c13-9-2-1-7(5-10(9)14)8(12(15)16)6-11-17-3-4-18-11/h1-2,5,8,11H,3-4,6H2,(H,15,16). The van der Waals surface area contributed by atoms with Gasteiger partial charge in [-0.05, 0) is 17.7 Å². The molecule has 6 heteroatoms. The van der Waals surface area contributed by atoms with Crippen molar-refractivity contribution in [3.8, 4) is 0 Å². The Morgan fingerprint density at radius 3 is 2.56 bits per heavy atom. The fourth-order valence-electron chi connectivity index (χ4n) is 1.84. The minimum absolute atomic E-state index is 0.257. The maximum absolute atomic E-state index is 11.3. The smallest absolute Gasteiger partial charge is 0.311 e. The van der Waals surface area contributed by atoms with Crippen molar-refractivity contribution in [3.05, 3.63) is 33.8 Å². The van der Waals surface area contributed by atoms with Gasteiger partial charge in [0, 0.05) is 6.42 Å². The van der Waals surface area contributed by atoms with Crippen LogP contribution in [0.3, 0.4) is 0 Å². The van der Waals surface area contributed by atoms with Crippen LogP contribution in [-0.4, -0.2) is 30.6 Å². The second-order valence-corrected chi connectivity index (χ2v) is 4.79. The molecule has 2 rings (SSSR count). The molecule has 1 atom stereocenters. The van der Waals surface area contributed by atoms with Gasteiger partial charge in [-0.3, -0.25) is 4.79 Å². The molecule has 0 saturated carbocycles. The molecule has 98 valence electrons. The lowest BCUT2D eigenvalue weighted by molar-refractivity contribution is -0.141. The predicted octanol–water partition coefficient (Wildman–Crippen LogP) is 2.92. The van der Waals surface area contributed by atoms with Crippen molar-refractivity contribution in [1.82, 2.24) is 0 Å². The number of carboxylic acid groups (broad SMARTS) is 1. The van der Waals surface area contributed by atoms with E-state index in [0.29, 0.717) is 28.8 Å². The molecular weight excluding hydrogens is 279 g/mol. The minimum atomic E-state index is -0.938. The Labute approximate surface area is 114 Å². The maximum atomic E-state index is 11.3. The van der Waals surface area contributed by atoms with E-state index in [1.165, 1.54) is 0 Å². The summed E-state index contributed by atoms with van der Waals surface area (Å²) >= 11 is 11.7. The van der Waals surface area contributed by atoms with Crippen LogP contribution in [0.1, 0.15) is 17.9 Å². The van der Waals surface area contributed by atoms with Gasteiger partial charge in [0.05, 0.1) is 29.2 Å². The highest BCUT2D eigenvalue weighted by atomic mass is 35.5. The Hall–Kier alpha value is -0.810. The molecule has 1 saturated heterocycles. The van der Waals surface area contributed by atoms with E-state index < -0.39 is 18.2 Å². The molecule has 0 radical (unpaired) electrons. The number of benzene rings is 1. The van der Waals surface area contributed by atoms with Crippen LogP contribution >= 0.6 is 23.2 Å². The van der Waals surface area contributed by atoms with Crippen molar-refractivity contribution in [2.45, 2.75) is 18.6 Å². The molecule has 0 amide bonds. The van der Waals surface area contributed by atoms with Gasteiger partial charge in [-0.1, -0.05) is 29.3 Å². The van der Waals surface area contributed by atoms with Gasteiger partial charge in [-0.2, -0.15) is 0 Å². The number of halogens is 2. The molecule has 1 fully saturated rings. The first-order valence-corrected chi connectivity index (χ1v) is 6.24. The van der Waals surface area contributed by atoms with E-state index in [1.807, 2.05) is 0 Å².